The number of hydrogen-bond donors (Lipinski definition) is 2. The summed E-state index contributed by atoms with van der Waals surface area (Å²) < 4.78 is 26.2. The van der Waals surface area contributed by atoms with Gasteiger partial charge in [0.25, 0.3) is 0 Å². The molecule has 0 heterocycles. The lowest BCUT2D eigenvalue weighted by atomic mass is 10.3. The molecule has 0 amide bonds. The lowest BCUT2D eigenvalue weighted by molar-refractivity contribution is 0.162. The van der Waals surface area contributed by atoms with E-state index in [1.807, 2.05) is 13.8 Å². The highest BCUT2D eigenvalue weighted by atomic mass is 32.2. The molecule has 1 aromatic carbocycles. The van der Waals surface area contributed by atoms with E-state index in [1.54, 1.807) is 0 Å². The van der Waals surface area contributed by atoms with Crippen LogP contribution in [0.15, 0.2) is 29.2 Å². The molecule has 0 unspecified atom stereocenters. The van der Waals surface area contributed by atoms with Gasteiger partial charge in [0.15, 0.2) is 0 Å². The molecule has 0 saturated carbocycles. The summed E-state index contributed by atoms with van der Waals surface area (Å²) in [5, 5.41) is 4.84. The zero-order valence-electron chi connectivity index (χ0n) is 9.51. The van der Waals surface area contributed by atoms with Gasteiger partial charge in [-0.05, 0) is 38.1 Å². The van der Waals surface area contributed by atoms with Crippen molar-refractivity contribution in [1.82, 2.24) is 0 Å². The first-order chi connectivity index (χ1) is 7.41. The summed E-state index contributed by atoms with van der Waals surface area (Å²) >= 11 is 0. The highest BCUT2D eigenvalue weighted by Crippen LogP contribution is 2.08. The molecule has 16 heavy (non-hydrogen) atoms. The summed E-state index contributed by atoms with van der Waals surface area (Å²) in [6, 6.07) is 5.70. The Morgan fingerprint density at radius 1 is 1.12 bits per heavy atom. The molecule has 0 spiro atoms. The molecule has 4 N–H and O–H groups in total. The van der Waals surface area contributed by atoms with E-state index >= 15 is 0 Å². The van der Waals surface area contributed by atoms with E-state index in [1.165, 1.54) is 24.3 Å². The van der Waals surface area contributed by atoms with Gasteiger partial charge in [-0.3, -0.25) is 0 Å². The molecule has 0 fully saturated rings. The van der Waals surface area contributed by atoms with E-state index in [-0.39, 0.29) is 4.90 Å². The number of benzene rings is 1. The summed E-state index contributed by atoms with van der Waals surface area (Å²) in [5.41, 5.74) is 5.85. The lowest BCUT2D eigenvalue weighted by Crippen LogP contribution is -2.11. The minimum atomic E-state index is -3.58. The third-order valence-corrected chi connectivity index (χ3v) is 2.55. The largest absolute Gasteiger partial charge is 0.399 e. The van der Waals surface area contributed by atoms with E-state index < -0.39 is 10.0 Å². The van der Waals surface area contributed by atoms with Gasteiger partial charge < -0.3 is 10.5 Å². The maximum absolute atomic E-state index is 10.7. The topological polar surface area (TPSA) is 95.4 Å². The first kappa shape index (κ1) is 14.9. The summed E-state index contributed by atoms with van der Waals surface area (Å²) in [6.45, 7) is 5.67. The molecule has 92 valence electrons. The minimum absolute atomic E-state index is 0.0756. The molecule has 0 aliphatic heterocycles. The fourth-order valence-electron chi connectivity index (χ4n) is 0.862. The monoisotopic (exact) mass is 246 g/mol. The number of rotatable bonds is 3. The molecule has 0 aromatic heterocycles. The van der Waals surface area contributed by atoms with Gasteiger partial charge in [-0.15, -0.1) is 0 Å². The van der Waals surface area contributed by atoms with Crippen molar-refractivity contribution in [1.29, 1.82) is 0 Å². The molecule has 0 atom stereocenters. The summed E-state index contributed by atoms with van der Waals surface area (Å²) in [6.07, 6.45) is 0. The third kappa shape index (κ3) is 6.39. The van der Waals surface area contributed by atoms with E-state index in [0.717, 1.165) is 13.2 Å². The quantitative estimate of drug-likeness (QED) is 0.776. The smallest absolute Gasteiger partial charge is 0.238 e. The van der Waals surface area contributed by atoms with Crippen molar-refractivity contribution in [3.63, 3.8) is 0 Å². The van der Waals surface area contributed by atoms with Crippen LogP contribution in [0.4, 0.5) is 5.69 Å². The van der Waals surface area contributed by atoms with E-state index in [9.17, 15) is 8.42 Å². The molecule has 1 aromatic rings. The average Bonchev–Trinajstić information content (AvgIpc) is 2.19. The van der Waals surface area contributed by atoms with Crippen LogP contribution in [-0.2, 0) is 14.8 Å². The maximum atomic E-state index is 10.7. The highest BCUT2D eigenvalue weighted by Gasteiger charge is 2.04. The van der Waals surface area contributed by atoms with Crippen LogP contribution in [0.1, 0.15) is 13.8 Å². The Morgan fingerprint density at radius 2 is 1.56 bits per heavy atom. The van der Waals surface area contributed by atoms with Gasteiger partial charge in [0.2, 0.25) is 10.0 Å². The highest BCUT2D eigenvalue weighted by molar-refractivity contribution is 7.89. The van der Waals surface area contributed by atoms with Gasteiger partial charge in [0, 0.05) is 18.9 Å². The number of sulfonamides is 1. The zero-order chi connectivity index (χ0) is 12.6. The summed E-state index contributed by atoms with van der Waals surface area (Å²) in [5.74, 6) is 0. The van der Waals surface area contributed by atoms with Crippen LogP contribution in [-0.4, -0.2) is 21.6 Å². The molecular weight excluding hydrogens is 228 g/mol. The Kier molecular flexibility index (Phi) is 6.71. The molecule has 0 aliphatic carbocycles. The van der Waals surface area contributed by atoms with Gasteiger partial charge in [0.05, 0.1) is 4.90 Å². The second kappa shape index (κ2) is 7.21. The van der Waals surface area contributed by atoms with E-state index in [0.29, 0.717) is 5.69 Å². The van der Waals surface area contributed by atoms with Crippen molar-refractivity contribution in [2.75, 3.05) is 18.9 Å². The van der Waals surface area contributed by atoms with Crippen molar-refractivity contribution >= 4 is 15.7 Å². The summed E-state index contributed by atoms with van der Waals surface area (Å²) in [7, 11) is -3.58. The third-order valence-electron chi connectivity index (χ3n) is 1.62. The van der Waals surface area contributed by atoms with Crippen LogP contribution in [0.3, 0.4) is 0 Å². The Morgan fingerprint density at radius 3 is 1.81 bits per heavy atom. The standard InChI is InChI=1S/C6H8N2O2S.C4H10O/c7-5-1-3-6(4-2-5)11(8,9)10;1-3-5-4-2/h1-4H,7H2,(H2,8,9,10);3-4H2,1-2H3. The van der Waals surface area contributed by atoms with Crippen molar-refractivity contribution < 1.29 is 13.2 Å². The number of anilines is 1. The number of ether oxygens (including phenoxy) is 1. The average molecular weight is 246 g/mol. The Labute approximate surface area is 96.5 Å². The summed E-state index contributed by atoms with van der Waals surface area (Å²) in [4.78, 5) is 0.0756. The predicted molar refractivity (Wildman–Crippen MR) is 64.4 cm³/mol. The van der Waals surface area contributed by atoms with Crippen LogP contribution in [0, 0.1) is 0 Å². The first-order valence-corrected chi connectivity index (χ1v) is 6.42. The van der Waals surface area contributed by atoms with Crippen molar-refractivity contribution in [3.05, 3.63) is 24.3 Å². The lowest BCUT2D eigenvalue weighted by Gasteiger charge is -1.96. The molecular formula is C10H18N2O3S. The zero-order valence-corrected chi connectivity index (χ0v) is 10.3. The minimum Gasteiger partial charge on any atom is -0.399 e. The van der Waals surface area contributed by atoms with Gasteiger partial charge in [-0.2, -0.15) is 0 Å². The van der Waals surface area contributed by atoms with Gasteiger partial charge >= 0.3 is 0 Å². The molecule has 1 rings (SSSR count). The van der Waals surface area contributed by atoms with Crippen molar-refractivity contribution in [2.45, 2.75) is 18.7 Å². The number of nitrogen functional groups attached to an aromatic ring is 1. The van der Waals surface area contributed by atoms with E-state index in [2.05, 4.69) is 0 Å². The molecule has 5 nitrogen and oxygen atoms in total. The van der Waals surface area contributed by atoms with Crippen LogP contribution in [0.2, 0.25) is 0 Å². The number of nitrogens with two attached hydrogens (primary N) is 2. The first-order valence-electron chi connectivity index (χ1n) is 4.87. The fraction of sp³-hybridized carbons (Fsp3) is 0.400. The Hall–Kier alpha value is -1.11. The Balaban J connectivity index is 0.000000385. The maximum Gasteiger partial charge on any atom is 0.238 e. The Bertz CT molecular complexity index is 385. The molecule has 0 aliphatic rings. The normalized spacial score (nSPS) is 10.4. The van der Waals surface area contributed by atoms with E-state index in [4.69, 9.17) is 15.6 Å². The number of hydrogen-bond acceptors (Lipinski definition) is 4. The SMILES string of the molecule is CCOCC.Nc1ccc(S(N)(=O)=O)cc1. The predicted octanol–water partition coefficient (Wildman–Crippen LogP) is 0.959. The van der Waals surface area contributed by atoms with Gasteiger partial charge in [0.1, 0.15) is 0 Å². The van der Waals surface area contributed by atoms with Crippen LogP contribution >= 0.6 is 0 Å². The van der Waals surface area contributed by atoms with Crippen LogP contribution < -0.4 is 10.9 Å². The fourth-order valence-corrected chi connectivity index (χ4v) is 1.38. The second-order valence-electron chi connectivity index (χ2n) is 2.90. The molecule has 6 heteroatoms. The van der Waals surface area contributed by atoms with Gasteiger partial charge in [-0.25, -0.2) is 13.6 Å². The van der Waals surface area contributed by atoms with Crippen LogP contribution in [0.5, 0.6) is 0 Å². The van der Waals surface area contributed by atoms with Gasteiger partial charge in [-0.1, -0.05) is 0 Å². The number of primary sulfonamides is 1. The second-order valence-corrected chi connectivity index (χ2v) is 4.46. The van der Waals surface area contributed by atoms with Crippen LogP contribution in [0.25, 0.3) is 0 Å². The molecule has 0 bridgehead atoms. The van der Waals surface area contributed by atoms with Crippen molar-refractivity contribution in [2.24, 2.45) is 5.14 Å². The molecule has 0 saturated heterocycles. The van der Waals surface area contributed by atoms with Crippen molar-refractivity contribution in [3.8, 4) is 0 Å². The molecule has 0 radical (unpaired) electrons.